The molecule has 0 atom stereocenters. The molecule has 2 rings (SSSR count). The zero-order chi connectivity index (χ0) is 15.8. The highest BCUT2D eigenvalue weighted by Crippen LogP contribution is 2.35. The Bertz CT molecular complexity index is 702. The molecule has 0 aliphatic heterocycles. The number of aromatic hydroxyl groups is 2. The second-order valence-electron chi connectivity index (χ2n) is 5.66. The van der Waals surface area contributed by atoms with E-state index in [0.717, 1.165) is 16.7 Å². The van der Waals surface area contributed by atoms with E-state index in [9.17, 15) is 15.0 Å². The van der Waals surface area contributed by atoms with Gasteiger partial charge in [-0.3, -0.25) is 0 Å². The van der Waals surface area contributed by atoms with Crippen LogP contribution in [0, 0.1) is 6.92 Å². The summed E-state index contributed by atoms with van der Waals surface area (Å²) in [6.45, 7) is 5.75. The van der Waals surface area contributed by atoms with Crippen molar-refractivity contribution in [1.82, 2.24) is 0 Å². The Morgan fingerprint density at radius 2 is 1.48 bits per heavy atom. The fraction of sp³-hybridized carbons (Fsp3) is 0.235. The van der Waals surface area contributed by atoms with Crippen molar-refractivity contribution in [2.75, 3.05) is 0 Å². The molecule has 0 aromatic heterocycles. The third-order valence-corrected chi connectivity index (χ3v) is 3.87. The number of benzene rings is 2. The smallest absolute Gasteiger partial charge is 0.339 e. The molecule has 0 bridgehead atoms. The van der Waals surface area contributed by atoms with Crippen LogP contribution in [0.1, 0.15) is 40.9 Å². The van der Waals surface area contributed by atoms with Crippen LogP contribution in [0.15, 0.2) is 36.4 Å². The summed E-state index contributed by atoms with van der Waals surface area (Å²) >= 11 is 0. The molecule has 0 heterocycles. The lowest BCUT2D eigenvalue weighted by atomic mass is 9.77. The van der Waals surface area contributed by atoms with Gasteiger partial charge >= 0.3 is 5.97 Å². The van der Waals surface area contributed by atoms with Crippen molar-refractivity contribution >= 4 is 5.97 Å². The van der Waals surface area contributed by atoms with Gasteiger partial charge in [0.05, 0.1) is 0 Å². The molecule has 0 radical (unpaired) electrons. The summed E-state index contributed by atoms with van der Waals surface area (Å²) in [7, 11) is 0. The van der Waals surface area contributed by atoms with Gasteiger partial charge < -0.3 is 15.3 Å². The lowest BCUT2D eigenvalue weighted by Gasteiger charge is -2.27. The van der Waals surface area contributed by atoms with Crippen LogP contribution >= 0.6 is 0 Å². The van der Waals surface area contributed by atoms with Crippen molar-refractivity contribution in [3.63, 3.8) is 0 Å². The maximum atomic E-state index is 11.1. The van der Waals surface area contributed by atoms with Crippen LogP contribution in [-0.4, -0.2) is 21.3 Å². The minimum absolute atomic E-state index is 0.115. The number of carbonyl (C=O) groups is 1. The predicted molar refractivity (Wildman–Crippen MR) is 80.0 cm³/mol. The molecule has 0 unspecified atom stereocenters. The first-order valence-corrected chi connectivity index (χ1v) is 6.60. The second kappa shape index (κ2) is 5.13. The molecule has 2 aromatic rings. The molecule has 0 amide bonds. The van der Waals surface area contributed by atoms with Gasteiger partial charge in [-0.1, -0.05) is 32.0 Å². The zero-order valence-electron chi connectivity index (χ0n) is 12.2. The fourth-order valence-corrected chi connectivity index (χ4v) is 2.31. The highest BCUT2D eigenvalue weighted by molar-refractivity contribution is 5.91. The van der Waals surface area contributed by atoms with Gasteiger partial charge in [-0.2, -0.15) is 0 Å². The average Bonchev–Trinajstić information content (AvgIpc) is 2.41. The number of hydrogen-bond donors (Lipinski definition) is 3. The monoisotopic (exact) mass is 286 g/mol. The van der Waals surface area contributed by atoms with Gasteiger partial charge in [0.1, 0.15) is 17.1 Å². The normalized spacial score (nSPS) is 11.4. The van der Waals surface area contributed by atoms with E-state index in [-0.39, 0.29) is 17.1 Å². The highest BCUT2D eigenvalue weighted by Gasteiger charge is 2.25. The molecule has 0 aliphatic rings. The number of carboxylic acids is 1. The van der Waals surface area contributed by atoms with Crippen LogP contribution in [0.4, 0.5) is 0 Å². The minimum Gasteiger partial charge on any atom is -0.508 e. The fourth-order valence-electron chi connectivity index (χ4n) is 2.31. The Kier molecular flexibility index (Phi) is 3.64. The van der Waals surface area contributed by atoms with Gasteiger partial charge in [0.2, 0.25) is 0 Å². The van der Waals surface area contributed by atoms with Gasteiger partial charge in [-0.05, 0) is 41.8 Å². The van der Waals surface area contributed by atoms with E-state index in [1.54, 1.807) is 12.1 Å². The number of phenolic OH excluding ortho intramolecular Hbond substituents is 1. The van der Waals surface area contributed by atoms with E-state index in [1.165, 1.54) is 12.1 Å². The Labute approximate surface area is 123 Å². The second-order valence-corrected chi connectivity index (χ2v) is 5.66. The van der Waals surface area contributed by atoms with Gasteiger partial charge in [0.15, 0.2) is 0 Å². The molecule has 3 N–H and O–H groups in total. The number of hydrogen-bond acceptors (Lipinski definition) is 3. The number of aromatic carboxylic acids is 1. The summed E-state index contributed by atoms with van der Waals surface area (Å²) in [5.41, 5.74) is 1.94. The van der Waals surface area contributed by atoms with Crippen LogP contribution in [0.3, 0.4) is 0 Å². The lowest BCUT2D eigenvalue weighted by molar-refractivity contribution is 0.0693. The van der Waals surface area contributed by atoms with Crippen LogP contribution in [-0.2, 0) is 5.41 Å². The van der Waals surface area contributed by atoms with Crippen molar-refractivity contribution in [2.24, 2.45) is 0 Å². The summed E-state index contributed by atoms with van der Waals surface area (Å²) in [4.78, 5) is 11.1. The maximum Gasteiger partial charge on any atom is 0.339 e. The molecule has 0 spiro atoms. The predicted octanol–water partition coefficient (Wildman–Crippen LogP) is 3.43. The summed E-state index contributed by atoms with van der Waals surface area (Å²) in [5.74, 6) is -1.18. The van der Waals surface area contributed by atoms with Crippen molar-refractivity contribution in [3.05, 3.63) is 58.7 Å². The summed E-state index contributed by atoms with van der Waals surface area (Å²) in [5, 5.41) is 28.3. The van der Waals surface area contributed by atoms with Crippen molar-refractivity contribution in [3.8, 4) is 11.5 Å². The highest BCUT2D eigenvalue weighted by atomic mass is 16.4. The lowest BCUT2D eigenvalue weighted by Crippen LogP contribution is -2.19. The number of aryl methyl sites for hydroxylation is 1. The van der Waals surface area contributed by atoms with Crippen molar-refractivity contribution in [2.45, 2.75) is 26.2 Å². The molecule has 4 heteroatoms. The molecular formula is C17H18O4. The van der Waals surface area contributed by atoms with Gasteiger partial charge in [-0.25, -0.2) is 4.79 Å². The van der Waals surface area contributed by atoms with Crippen molar-refractivity contribution < 1.29 is 20.1 Å². The number of phenols is 2. The number of rotatable bonds is 3. The van der Waals surface area contributed by atoms with Crippen molar-refractivity contribution in [1.29, 1.82) is 0 Å². The number of carboxylic acid groups (broad SMARTS) is 1. The van der Waals surface area contributed by atoms with E-state index in [4.69, 9.17) is 5.11 Å². The first kappa shape index (κ1) is 14.9. The van der Waals surface area contributed by atoms with Crippen LogP contribution in [0.5, 0.6) is 11.5 Å². The maximum absolute atomic E-state index is 11.1. The molecular weight excluding hydrogens is 268 g/mol. The summed E-state index contributed by atoms with van der Waals surface area (Å²) in [6, 6.07) is 9.92. The van der Waals surface area contributed by atoms with Crippen LogP contribution < -0.4 is 0 Å². The molecule has 0 saturated heterocycles. The molecule has 21 heavy (non-hydrogen) atoms. The average molecular weight is 286 g/mol. The Hall–Kier alpha value is -2.49. The zero-order valence-corrected chi connectivity index (χ0v) is 12.2. The Morgan fingerprint density at radius 1 is 0.952 bits per heavy atom. The third-order valence-electron chi connectivity index (χ3n) is 3.87. The van der Waals surface area contributed by atoms with Gasteiger partial charge in [0, 0.05) is 5.41 Å². The molecule has 110 valence electrons. The molecule has 0 saturated carbocycles. The van der Waals surface area contributed by atoms with Crippen LogP contribution in [0.2, 0.25) is 0 Å². The van der Waals surface area contributed by atoms with Gasteiger partial charge in [-0.15, -0.1) is 0 Å². The summed E-state index contributed by atoms with van der Waals surface area (Å²) < 4.78 is 0. The van der Waals surface area contributed by atoms with E-state index in [2.05, 4.69) is 0 Å². The molecule has 0 aliphatic carbocycles. The first-order valence-electron chi connectivity index (χ1n) is 6.60. The van der Waals surface area contributed by atoms with Gasteiger partial charge in [0.25, 0.3) is 0 Å². The molecule has 2 aromatic carbocycles. The van der Waals surface area contributed by atoms with E-state index >= 15 is 0 Å². The quantitative estimate of drug-likeness (QED) is 0.807. The Balaban J connectivity index is 2.55. The Morgan fingerprint density at radius 3 is 2.00 bits per heavy atom. The van der Waals surface area contributed by atoms with E-state index in [1.807, 2.05) is 32.9 Å². The third kappa shape index (κ3) is 2.70. The minimum atomic E-state index is -1.16. The topological polar surface area (TPSA) is 77.8 Å². The molecule has 0 fully saturated rings. The standard InChI is InChI=1S/C17H18O4/c1-10-8-11(4-6-14(10)18)17(2,3)12-5-7-15(19)13(9-12)16(20)21/h4-9,18-19H,1-3H3,(H,20,21). The van der Waals surface area contributed by atoms with E-state index in [0.29, 0.717) is 0 Å². The molecule has 4 nitrogen and oxygen atoms in total. The van der Waals surface area contributed by atoms with E-state index < -0.39 is 11.4 Å². The largest absolute Gasteiger partial charge is 0.508 e. The summed E-state index contributed by atoms with van der Waals surface area (Å²) in [6.07, 6.45) is 0. The first-order chi connectivity index (χ1) is 9.73. The van der Waals surface area contributed by atoms with Crippen LogP contribution in [0.25, 0.3) is 0 Å². The SMILES string of the molecule is Cc1cc(C(C)(C)c2ccc(O)c(C(=O)O)c2)ccc1O.